The van der Waals surface area contributed by atoms with Gasteiger partial charge in [0.05, 0.1) is 0 Å². The van der Waals surface area contributed by atoms with Gasteiger partial charge in [-0.3, -0.25) is 4.90 Å². The molecule has 0 fully saturated rings. The molecule has 5 nitrogen and oxygen atoms in total. The molecule has 0 heterocycles. The smallest absolute Gasteiger partial charge is 0.331 e. The number of likely N-dealkylation sites (N-methyl/N-ethyl adjacent to an activating group) is 1. The number of nitrogens with zero attached hydrogens (tertiary/aromatic N) is 1. The fourth-order valence-corrected chi connectivity index (χ4v) is 3.08. The monoisotopic (exact) mass is 475 g/mol. The maximum absolute atomic E-state index is 12.0. The highest BCUT2D eigenvalue weighted by Gasteiger charge is 2.14. The first-order valence-electron chi connectivity index (χ1n) is 9.70. The predicted molar refractivity (Wildman–Crippen MR) is 124 cm³/mol. The van der Waals surface area contributed by atoms with Gasteiger partial charge in [0, 0.05) is 29.7 Å². The van der Waals surface area contributed by atoms with E-state index in [1.807, 2.05) is 43.3 Å². The van der Waals surface area contributed by atoms with Crippen molar-refractivity contribution in [1.29, 1.82) is 0 Å². The van der Waals surface area contributed by atoms with E-state index in [0.717, 1.165) is 53.7 Å². The van der Waals surface area contributed by atoms with E-state index < -0.39 is 18.0 Å². The lowest BCUT2D eigenvalue weighted by atomic mass is 10.0. The summed E-state index contributed by atoms with van der Waals surface area (Å²) in [5.41, 5.74) is 3.19. The first-order chi connectivity index (χ1) is 14.2. The van der Waals surface area contributed by atoms with Gasteiger partial charge in [0.1, 0.15) is 6.10 Å². The second-order valence-corrected chi connectivity index (χ2v) is 8.08. The van der Waals surface area contributed by atoms with Gasteiger partial charge in [0.2, 0.25) is 0 Å². The highest BCUT2D eigenvalue weighted by molar-refractivity contribution is 9.10. The summed E-state index contributed by atoms with van der Waals surface area (Å²) in [6.45, 7) is 9.60. The molecule has 1 aromatic rings. The topological polar surface area (TPSA) is 66.8 Å². The maximum atomic E-state index is 12.0. The van der Waals surface area contributed by atoms with Gasteiger partial charge in [0.25, 0.3) is 0 Å². The summed E-state index contributed by atoms with van der Waals surface area (Å²) in [4.78, 5) is 24.8. The van der Waals surface area contributed by atoms with Crippen molar-refractivity contribution in [2.45, 2.75) is 32.8 Å². The Bertz CT molecular complexity index is 809. The lowest BCUT2D eigenvalue weighted by Crippen LogP contribution is -2.20. The lowest BCUT2D eigenvalue weighted by molar-refractivity contribution is -0.141. The average Bonchev–Trinajstić information content (AvgIpc) is 2.66. The van der Waals surface area contributed by atoms with E-state index in [9.17, 15) is 9.59 Å². The van der Waals surface area contributed by atoms with E-state index in [1.54, 1.807) is 0 Å². The van der Waals surface area contributed by atoms with Crippen molar-refractivity contribution in [3.63, 3.8) is 0 Å². The van der Waals surface area contributed by atoms with Gasteiger partial charge in [-0.1, -0.05) is 51.4 Å². The molecule has 0 aliphatic rings. The Kier molecular flexibility index (Phi) is 11.7. The van der Waals surface area contributed by atoms with Crippen LogP contribution in [0.2, 0.25) is 0 Å². The summed E-state index contributed by atoms with van der Waals surface area (Å²) < 4.78 is 6.41. The fraction of sp³-hybridized carbons (Fsp3) is 0.333. The standard InChI is InChI=1S/C24H30BrNO4/c1-5-15-26(4)17-19(3)8-6-7-18(2)16-22(20-9-11-21(25)12-10-20)30-24(29)14-13-23(27)28/h5,8-14,16,22H,1,6-7,15,17H2,2-4H3,(H,27,28). The highest BCUT2D eigenvalue weighted by atomic mass is 79.9. The number of hydrogen-bond acceptors (Lipinski definition) is 4. The molecule has 0 aromatic heterocycles. The zero-order valence-corrected chi connectivity index (χ0v) is 19.4. The largest absolute Gasteiger partial charge is 0.478 e. The van der Waals surface area contributed by atoms with E-state index in [2.05, 4.69) is 47.5 Å². The van der Waals surface area contributed by atoms with E-state index in [1.165, 1.54) is 5.57 Å². The number of halogens is 1. The Morgan fingerprint density at radius 2 is 1.87 bits per heavy atom. The van der Waals surface area contributed by atoms with Crippen LogP contribution in [0.5, 0.6) is 0 Å². The van der Waals surface area contributed by atoms with E-state index in [4.69, 9.17) is 9.84 Å². The number of carboxylic acid groups (broad SMARTS) is 1. The third kappa shape index (κ3) is 10.9. The Balaban J connectivity index is 2.84. The first kappa shape index (κ1) is 25.6. The number of ether oxygens (including phenoxy) is 1. The van der Waals surface area contributed by atoms with Crippen molar-refractivity contribution in [1.82, 2.24) is 4.90 Å². The summed E-state index contributed by atoms with van der Waals surface area (Å²) in [5, 5.41) is 8.69. The predicted octanol–water partition coefficient (Wildman–Crippen LogP) is 5.46. The molecule has 0 spiro atoms. The zero-order chi connectivity index (χ0) is 22.5. The molecule has 0 aliphatic heterocycles. The Morgan fingerprint density at radius 1 is 1.20 bits per heavy atom. The lowest BCUT2D eigenvalue weighted by Gasteiger charge is -2.16. The molecule has 1 unspecified atom stereocenters. The second-order valence-electron chi connectivity index (χ2n) is 7.17. The van der Waals surface area contributed by atoms with E-state index in [-0.39, 0.29) is 0 Å². The molecule has 0 bridgehead atoms. The van der Waals surface area contributed by atoms with Crippen LogP contribution >= 0.6 is 15.9 Å². The molecule has 0 amide bonds. The summed E-state index contributed by atoms with van der Waals surface area (Å²) in [6, 6.07) is 7.48. The second kappa shape index (κ2) is 13.7. The molecule has 1 aromatic carbocycles. The Labute approximate surface area is 187 Å². The van der Waals surface area contributed by atoms with E-state index in [0.29, 0.717) is 0 Å². The minimum absolute atomic E-state index is 0.590. The van der Waals surface area contributed by atoms with Crippen molar-refractivity contribution in [3.05, 3.63) is 82.4 Å². The molecule has 0 saturated carbocycles. The van der Waals surface area contributed by atoms with Crippen LogP contribution in [0.25, 0.3) is 0 Å². The highest BCUT2D eigenvalue weighted by Crippen LogP contribution is 2.24. The molecule has 0 radical (unpaired) electrons. The number of carboxylic acids is 1. The summed E-state index contributed by atoms with van der Waals surface area (Å²) in [7, 11) is 2.06. The molecule has 1 atom stereocenters. The number of rotatable bonds is 12. The van der Waals surface area contributed by atoms with Crippen molar-refractivity contribution >= 4 is 27.9 Å². The molecular formula is C24H30BrNO4. The summed E-state index contributed by atoms with van der Waals surface area (Å²) in [6.07, 6.45) is 8.82. The number of aliphatic carboxylic acids is 1. The van der Waals surface area contributed by atoms with Crippen LogP contribution in [-0.4, -0.2) is 42.1 Å². The maximum Gasteiger partial charge on any atom is 0.331 e. The van der Waals surface area contributed by atoms with Gasteiger partial charge < -0.3 is 9.84 Å². The molecule has 6 heteroatoms. The summed E-state index contributed by atoms with van der Waals surface area (Å²) in [5.74, 6) is -1.89. The minimum atomic E-state index is -1.19. The number of allylic oxidation sites excluding steroid dienone is 2. The number of esters is 1. The number of hydrogen-bond donors (Lipinski definition) is 1. The SMILES string of the molecule is C=CCN(C)CC(C)=CCCC(C)=CC(OC(=O)C=CC(=O)O)c1ccc(Br)cc1. The molecule has 1 N–H and O–H groups in total. The van der Waals surface area contributed by atoms with Crippen molar-refractivity contribution in [2.75, 3.05) is 20.1 Å². The fourth-order valence-electron chi connectivity index (χ4n) is 2.82. The van der Waals surface area contributed by atoms with Gasteiger partial charge >= 0.3 is 11.9 Å². The normalized spacial score (nSPS) is 13.5. The molecule has 0 aliphatic carbocycles. The van der Waals surface area contributed by atoms with Crippen molar-refractivity contribution in [2.24, 2.45) is 0 Å². The Hall–Kier alpha value is -2.44. The average molecular weight is 476 g/mol. The first-order valence-corrected chi connectivity index (χ1v) is 10.5. The van der Waals surface area contributed by atoms with Gasteiger partial charge in [-0.25, -0.2) is 9.59 Å². The third-order valence-corrected chi connectivity index (χ3v) is 4.76. The molecule has 30 heavy (non-hydrogen) atoms. The van der Waals surface area contributed by atoms with Crippen molar-refractivity contribution in [3.8, 4) is 0 Å². The van der Waals surface area contributed by atoms with Crippen LogP contribution in [0, 0.1) is 0 Å². The minimum Gasteiger partial charge on any atom is -0.478 e. The molecule has 0 saturated heterocycles. The van der Waals surface area contributed by atoms with Crippen LogP contribution < -0.4 is 0 Å². The van der Waals surface area contributed by atoms with Gasteiger partial charge in [0.15, 0.2) is 0 Å². The molecule has 1 rings (SSSR count). The van der Waals surface area contributed by atoms with Gasteiger partial charge in [-0.05, 0) is 57.5 Å². The van der Waals surface area contributed by atoms with E-state index >= 15 is 0 Å². The quantitative estimate of drug-likeness (QED) is 0.246. The van der Waals surface area contributed by atoms with Crippen LogP contribution in [0.3, 0.4) is 0 Å². The molecular weight excluding hydrogens is 446 g/mol. The zero-order valence-electron chi connectivity index (χ0n) is 17.8. The third-order valence-electron chi connectivity index (χ3n) is 4.23. The summed E-state index contributed by atoms with van der Waals surface area (Å²) >= 11 is 3.40. The van der Waals surface area contributed by atoms with Crippen molar-refractivity contribution < 1.29 is 19.4 Å². The van der Waals surface area contributed by atoms with Crippen LogP contribution in [0.1, 0.15) is 38.4 Å². The number of benzene rings is 1. The number of carbonyl (C=O) groups excluding carboxylic acids is 1. The van der Waals surface area contributed by atoms with Gasteiger partial charge in [-0.2, -0.15) is 0 Å². The van der Waals surface area contributed by atoms with Gasteiger partial charge in [-0.15, -0.1) is 6.58 Å². The van der Waals surface area contributed by atoms with Crippen LogP contribution in [0.4, 0.5) is 0 Å². The van der Waals surface area contributed by atoms with Crippen LogP contribution in [-0.2, 0) is 14.3 Å². The number of carbonyl (C=O) groups is 2. The molecule has 162 valence electrons. The van der Waals surface area contributed by atoms with Crippen LogP contribution in [0.15, 0.2) is 76.8 Å². The Morgan fingerprint density at radius 3 is 2.47 bits per heavy atom.